The Morgan fingerprint density at radius 1 is 1.27 bits per heavy atom. The van der Waals surface area contributed by atoms with Crippen molar-refractivity contribution in [3.63, 3.8) is 0 Å². The zero-order valence-electron chi connectivity index (χ0n) is 9.53. The van der Waals surface area contributed by atoms with Gasteiger partial charge in [-0.15, -0.1) is 0 Å². The quantitative estimate of drug-likeness (QED) is 0.824. The molecule has 1 unspecified atom stereocenters. The Balaban J connectivity index is 2.90. The molecule has 0 fully saturated rings. The number of rotatable bonds is 3. The number of carbonyl (C=O) groups is 1. The number of carboxylic acid groups (broad SMARTS) is 1. The van der Waals surface area contributed by atoms with Crippen molar-refractivity contribution < 1.29 is 9.90 Å². The van der Waals surface area contributed by atoms with Crippen LogP contribution in [-0.2, 0) is 4.79 Å². The highest BCUT2D eigenvalue weighted by molar-refractivity contribution is 5.76. The van der Waals surface area contributed by atoms with Gasteiger partial charge in [0, 0.05) is 0 Å². The molecule has 0 heterocycles. The summed E-state index contributed by atoms with van der Waals surface area (Å²) in [4.78, 5) is 11.2. The summed E-state index contributed by atoms with van der Waals surface area (Å²) in [5.74, 6) is -1.14. The molecule has 2 nitrogen and oxygen atoms in total. The Kier molecular flexibility index (Phi) is 3.51. The number of hydrogen-bond donors (Lipinski definition) is 1. The smallest absolute Gasteiger partial charge is 0.310 e. The number of benzene rings is 1. The van der Waals surface area contributed by atoms with Gasteiger partial charge in [-0.05, 0) is 17.4 Å². The third-order valence-electron chi connectivity index (χ3n) is 2.32. The van der Waals surface area contributed by atoms with Crippen LogP contribution in [0.4, 0.5) is 0 Å². The van der Waals surface area contributed by atoms with Crippen molar-refractivity contribution in [2.45, 2.75) is 33.1 Å². The van der Waals surface area contributed by atoms with Gasteiger partial charge >= 0.3 is 5.97 Å². The molecule has 0 radical (unpaired) electrons. The monoisotopic (exact) mass is 206 g/mol. The van der Waals surface area contributed by atoms with E-state index in [1.165, 1.54) is 0 Å². The van der Waals surface area contributed by atoms with Crippen LogP contribution in [-0.4, -0.2) is 11.1 Å². The zero-order chi connectivity index (χ0) is 11.5. The molecule has 1 aromatic carbocycles. The van der Waals surface area contributed by atoms with Gasteiger partial charge in [0.25, 0.3) is 0 Å². The van der Waals surface area contributed by atoms with E-state index in [0.29, 0.717) is 6.42 Å². The van der Waals surface area contributed by atoms with Gasteiger partial charge in [0.15, 0.2) is 0 Å². The maximum absolute atomic E-state index is 11.2. The largest absolute Gasteiger partial charge is 0.481 e. The van der Waals surface area contributed by atoms with E-state index in [1.54, 1.807) is 0 Å². The van der Waals surface area contributed by atoms with E-state index in [0.717, 1.165) is 5.56 Å². The minimum absolute atomic E-state index is 0.0267. The molecule has 15 heavy (non-hydrogen) atoms. The second-order valence-electron chi connectivity index (χ2n) is 5.07. The van der Waals surface area contributed by atoms with Gasteiger partial charge < -0.3 is 5.11 Å². The van der Waals surface area contributed by atoms with Crippen LogP contribution in [0.1, 0.15) is 38.7 Å². The van der Waals surface area contributed by atoms with E-state index < -0.39 is 11.9 Å². The van der Waals surface area contributed by atoms with E-state index >= 15 is 0 Å². The summed E-state index contributed by atoms with van der Waals surface area (Å²) in [5.41, 5.74) is 0.916. The molecule has 0 aromatic heterocycles. The fourth-order valence-electron chi connectivity index (χ4n) is 1.65. The average Bonchev–Trinajstić information content (AvgIpc) is 2.14. The first-order valence-corrected chi connectivity index (χ1v) is 5.18. The lowest BCUT2D eigenvalue weighted by atomic mass is 9.81. The number of hydrogen-bond acceptors (Lipinski definition) is 1. The molecule has 0 aliphatic carbocycles. The number of carboxylic acids is 1. The highest BCUT2D eigenvalue weighted by Gasteiger charge is 2.25. The lowest BCUT2D eigenvalue weighted by Crippen LogP contribution is -2.19. The van der Waals surface area contributed by atoms with Gasteiger partial charge in [-0.1, -0.05) is 51.1 Å². The van der Waals surface area contributed by atoms with Crippen molar-refractivity contribution in [1.29, 1.82) is 0 Å². The molecule has 0 amide bonds. The molecule has 0 saturated carbocycles. The fourth-order valence-corrected chi connectivity index (χ4v) is 1.65. The Morgan fingerprint density at radius 3 is 2.20 bits per heavy atom. The van der Waals surface area contributed by atoms with Crippen LogP contribution in [0.5, 0.6) is 0 Å². The molecular formula is C13H18O2. The van der Waals surface area contributed by atoms with E-state index in [9.17, 15) is 9.90 Å². The highest BCUT2D eigenvalue weighted by atomic mass is 16.4. The Bertz CT molecular complexity index is 322. The van der Waals surface area contributed by atoms with E-state index in [2.05, 4.69) is 20.8 Å². The van der Waals surface area contributed by atoms with Crippen LogP contribution in [0.25, 0.3) is 0 Å². The number of aliphatic carboxylic acids is 1. The van der Waals surface area contributed by atoms with E-state index in [-0.39, 0.29) is 5.41 Å². The first-order valence-electron chi connectivity index (χ1n) is 5.18. The molecule has 1 N–H and O–H groups in total. The fraction of sp³-hybridized carbons (Fsp3) is 0.462. The van der Waals surface area contributed by atoms with Gasteiger partial charge in [0.05, 0.1) is 5.92 Å². The van der Waals surface area contributed by atoms with Crippen molar-refractivity contribution in [2.75, 3.05) is 0 Å². The Morgan fingerprint density at radius 2 is 1.80 bits per heavy atom. The predicted octanol–water partition coefficient (Wildman–Crippen LogP) is 3.29. The van der Waals surface area contributed by atoms with E-state index in [1.807, 2.05) is 30.3 Å². The van der Waals surface area contributed by atoms with Crippen LogP contribution in [0, 0.1) is 5.41 Å². The maximum Gasteiger partial charge on any atom is 0.310 e. The minimum atomic E-state index is -0.740. The predicted molar refractivity (Wildman–Crippen MR) is 60.9 cm³/mol. The van der Waals surface area contributed by atoms with Crippen molar-refractivity contribution in [3.05, 3.63) is 35.9 Å². The zero-order valence-corrected chi connectivity index (χ0v) is 9.53. The summed E-state index contributed by atoms with van der Waals surface area (Å²) in [5, 5.41) is 9.19. The van der Waals surface area contributed by atoms with Crippen molar-refractivity contribution >= 4 is 5.97 Å². The third kappa shape index (κ3) is 3.74. The summed E-state index contributed by atoms with van der Waals surface area (Å²) >= 11 is 0. The van der Waals surface area contributed by atoms with Gasteiger partial charge in [-0.2, -0.15) is 0 Å². The standard InChI is InChI=1S/C13H18O2/c1-13(2,3)9-11(12(14)15)10-7-5-4-6-8-10/h4-8,11H,9H2,1-3H3,(H,14,15). The van der Waals surface area contributed by atoms with Crippen LogP contribution in [0.15, 0.2) is 30.3 Å². The van der Waals surface area contributed by atoms with Gasteiger partial charge in [-0.25, -0.2) is 0 Å². The SMILES string of the molecule is CC(C)(C)CC(C(=O)O)c1ccccc1. The van der Waals surface area contributed by atoms with Crippen LogP contribution >= 0.6 is 0 Å². The summed E-state index contributed by atoms with van der Waals surface area (Å²) < 4.78 is 0. The van der Waals surface area contributed by atoms with E-state index in [4.69, 9.17) is 0 Å². The van der Waals surface area contributed by atoms with Gasteiger partial charge in [-0.3, -0.25) is 4.79 Å². The lowest BCUT2D eigenvalue weighted by Gasteiger charge is -2.23. The van der Waals surface area contributed by atoms with Gasteiger partial charge in [0.1, 0.15) is 0 Å². The molecule has 1 aromatic rings. The second-order valence-corrected chi connectivity index (χ2v) is 5.07. The molecule has 1 rings (SSSR count). The molecule has 0 aliphatic heterocycles. The van der Waals surface area contributed by atoms with Gasteiger partial charge in [0.2, 0.25) is 0 Å². The summed E-state index contributed by atoms with van der Waals surface area (Å²) in [6, 6.07) is 9.43. The first-order chi connectivity index (χ1) is 6.90. The highest BCUT2D eigenvalue weighted by Crippen LogP contribution is 2.31. The van der Waals surface area contributed by atoms with Crippen molar-refractivity contribution in [2.24, 2.45) is 5.41 Å². The molecule has 0 bridgehead atoms. The molecule has 2 heteroatoms. The molecule has 0 spiro atoms. The molecule has 0 aliphatic rings. The summed E-state index contributed by atoms with van der Waals surface area (Å²) in [6.07, 6.45) is 0.659. The molecule has 82 valence electrons. The van der Waals surface area contributed by atoms with Crippen molar-refractivity contribution in [1.82, 2.24) is 0 Å². The summed E-state index contributed by atoms with van der Waals surface area (Å²) in [7, 11) is 0. The molecule has 1 atom stereocenters. The second kappa shape index (κ2) is 4.47. The molecule has 0 saturated heterocycles. The van der Waals surface area contributed by atoms with Crippen LogP contribution in [0.3, 0.4) is 0 Å². The Labute approximate surface area is 90.9 Å². The lowest BCUT2D eigenvalue weighted by molar-refractivity contribution is -0.139. The third-order valence-corrected chi connectivity index (χ3v) is 2.32. The van der Waals surface area contributed by atoms with Crippen LogP contribution in [0.2, 0.25) is 0 Å². The topological polar surface area (TPSA) is 37.3 Å². The minimum Gasteiger partial charge on any atom is -0.481 e. The molecular weight excluding hydrogens is 188 g/mol. The van der Waals surface area contributed by atoms with Crippen molar-refractivity contribution in [3.8, 4) is 0 Å². The maximum atomic E-state index is 11.2. The average molecular weight is 206 g/mol. The summed E-state index contributed by atoms with van der Waals surface area (Å²) in [6.45, 7) is 6.18. The normalized spacial score (nSPS) is 13.5. The Hall–Kier alpha value is -1.31. The van der Waals surface area contributed by atoms with Crippen LogP contribution < -0.4 is 0 Å². The first kappa shape index (κ1) is 11.8.